The minimum Gasteiger partial charge on any atom is -0.497 e. The van der Waals surface area contributed by atoms with Gasteiger partial charge in [0.1, 0.15) is 11.3 Å². The van der Waals surface area contributed by atoms with Gasteiger partial charge in [0.05, 0.1) is 25.9 Å². The summed E-state index contributed by atoms with van der Waals surface area (Å²) in [5.74, 6) is 0.175. The highest BCUT2D eigenvalue weighted by Gasteiger charge is 2.15. The lowest BCUT2D eigenvalue weighted by atomic mass is 10.1. The maximum Gasteiger partial charge on any atom is 0.337 e. The number of carbonyl (C=O) groups excluding carboxylic acids is 1. The highest BCUT2D eigenvalue weighted by molar-refractivity contribution is 6.12. The summed E-state index contributed by atoms with van der Waals surface area (Å²) in [7, 11) is 1.52. The average Bonchev–Trinajstić information content (AvgIpc) is 2.73. The molecule has 1 fully saturated rings. The summed E-state index contributed by atoms with van der Waals surface area (Å²) < 4.78 is 15.7. The first-order valence-electron chi connectivity index (χ1n) is 9.00. The van der Waals surface area contributed by atoms with Gasteiger partial charge in [0.2, 0.25) is 0 Å². The Hall–Kier alpha value is -3.32. The van der Waals surface area contributed by atoms with Crippen LogP contribution in [0.15, 0.2) is 57.7 Å². The standard InChI is InChI=1S/C21H20N2O5/c1-26-16-6-7-17-18(13-20(24)28-19(17)12-16)21(25)22-14-2-4-15(5-3-14)23-8-10-27-11-9-23/h2-7,12-13H,8-11H2,1H3,(H,22,25). The van der Waals surface area contributed by atoms with Gasteiger partial charge in [-0.25, -0.2) is 4.79 Å². The Balaban J connectivity index is 1.57. The number of anilines is 2. The van der Waals surface area contributed by atoms with Crippen LogP contribution < -0.4 is 20.6 Å². The summed E-state index contributed by atoms with van der Waals surface area (Å²) in [6.07, 6.45) is 0. The van der Waals surface area contributed by atoms with Gasteiger partial charge < -0.3 is 24.1 Å². The predicted molar refractivity (Wildman–Crippen MR) is 106 cm³/mol. The van der Waals surface area contributed by atoms with Gasteiger partial charge in [-0.1, -0.05) is 0 Å². The number of hydrogen-bond acceptors (Lipinski definition) is 6. The molecule has 0 aliphatic carbocycles. The van der Waals surface area contributed by atoms with E-state index in [2.05, 4.69) is 10.2 Å². The Morgan fingerprint density at radius 3 is 2.54 bits per heavy atom. The lowest BCUT2D eigenvalue weighted by Gasteiger charge is -2.28. The number of amides is 1. The number of ether oxygens (including phenoxy) is 2. The molecule has 7 nitrogen and oxygen atoms in total. The van der Waals surface area contributed by atoms with Crippen LogP contribution in [0.25, 0.3) is 11.0 Å². The number of rotatable bonds is 4. The molecule has 1 amide bonds. The number of methoxy groups -OCH3 is 1. The summed E-state index contributed by atoms with van der Waals surface area (Å²) in [6, 6.07) is 13.8. The summed E-state index contributed by atoms with van der Waals surface area (Å²) in [4.78, 5) is 26.9. The third-order valence-corrected chi connectivity index (χ3v) is 4.70. The number of nitrogens with zero attached hydrogens (tertiary/aromatic N) is 1. The van der Waals surface area contributed by atoms with Gasteiger partial charge in [0.15, 0.2) is 0 Å². The minimum atomic E-state index is -0.589. The fourth-order valence-corrected chi connectivity index (χ4v) is 3.23. The predicted octanol–water partition coefficient (Wildman–Crippen LogP) is 2.89. The molecule has 4 rings (SSSR count). The van der Waals surface area contributed by atoms with Gasteiger partial charge >= 0.3 is 5.63 Å². The van der Waals surface area contributed by atoms with Crippen molar-refractivity contribution < 1.29 is 18.7 Å². The van der Waals surface area contributed by atoms with Crippen LogP contribution in [-0.2, 0) is 4.74 Å². The summed E-state index contributed by atoms with van der Waals surface area (Å²) in [6.45, 7) is 3.13. The number of benzene rings is 2. The third kappa shape index (κ3) is 3.70. The summed E-state index contributed by atoms with van der Waals surface area (Å²) in [5, 5.41) is 3.39. The van der Waals surface area contributed by atoms with Gasteiger partial charge in [-0.2, -0.15) is 0 Å². The van der Waals surface area contributed by atoms with Gasteiger partial charge in [-0.15, -0.1) is 0 Å². The van der Waals surface area contributed by atoms with Gasteiger partial charge in [0, 0.05) is 42.0 Å². The molecular formula is C21H20N2O5. The Kier molecular flexibility index (Phi) is 4.99. The molecule has 0 unspecified atom stereocenters. The van der Waals surface area contributed by atoms with Crippen molar-refractivity contribution in [3.8, 4) is 5.75 Å². The molecule has 2 aromatic carbocycles. The van der Waals surface area contributed by atoms with E-state index in [1.165, 1.54) is 13.2 Å². The molecule has 2 heterocycles. The molecule has 3 aromatic rings. The highest BCUT2D eigenvalue weighted by atomic mass is 16.5. The zero-order chi connectivity index (χ0) is 19.5. The monoisotopic (exact) mass is 380 g/mol. The first-order valence-corrected chi connectivity index (χ1v) is 9.00. The molecule has 1 aromatic heterocycles. The van der Waals surface area contributed by atoms with Gasteiger partial charge in [-0.05, 0) is 36.4 Å². The second-order valence-electron chi connectivity index (χ2n) is 6.44. The number of fused-ring (bicyclic) bond motifs is 1. The number of carbonyl (C=O) groups is 1. The first kappa shape index (κ1) is 18.1. The molecule has 0 saturated carbocycles. The zero-order valence-corrected chi connectivity index (χ0v) is 15.4. The smallest absolute Gasteiger partial charge is 0.337 e. The average molecular weight is 380 g/mol. The van der Waals surface area contributed by atoms with Crippen molar-refractivity contribution in [3.05, 3.63) is 64.5 Å². The molecule has 0 radical (unpaired) electrons. The van der Waals surface area contributed by atoms with Crippen molar-refractivity contribution >= 4 is 28.3 Å². The van der Waals surface area contributed by atoms with Crippen LogP contribution in [0.3, 0.4) is 0 Å². The fraction of sp³-hybridized carbons (Fsp3) is 0.238. The van der Waals surface area contributed by atoms with Gasteiger partial charge in [-0.3, -0.25) is 4.79 Å². The second kappa shape index (κ2) is 7.74. The molecule has 1 aliphatic heterocycles. The van der Waals surface area contributed by atoms with Crippen LogP contribution in [0.1, 0.15) is 10.4 Å². The van der Waals surface area contributed by atoms with E-state index >= 15 is 0 Å². The normalized spacial score (nSPS) is 14.1. The molecule has 144 valence electrons. The molecule has 0 spiro atoms. The van der Waals surface area contributed by atoms with E-state index in [0.29, 0.717) is 35.6 Å². The van der Waals surface area contributed by atoms with Crippen LogP contribution in [-0.4, -0.2) is 39.3 Å². The van der Waals surface area contributed by atoms with Crippen LogP contribution in [0.5, 0.6) is 5.75 Å². The van der Waals surface area contributed by atoms with E-state index in [0.717, 1.165) is 18.8 Å². The molecule has 0 bridgehead atoms. The van der Waals surface area contributed by atoms with Crippen LogP contribution in [0.2, 0.25) is 0 Å². The van der Waals surface area contributed by atoms with Crippen molar-refractivity contribution in [1.29, 1.82) is 0 Å². The molecule has 7 heteroatoms. The van der Waals surface area contributed by atoms with Crippen molar-refractivity contribution in [2.45, 2.75) is 0 Å². The minimum absolute atomic E-state index is 0.256. The summed E-state index contributed by atoms with van der Waals surface area (Å²) in [5.41, 5.74) is 1.70. The quantitative estimate of drug-likeness (QED) is 0.701. The van der Waals surface area contributed by atoms with E-state index in [4.69, 9.17) is 13.9 Å². The second-order valence-corrected chi connectivity index (χ2v) is 6.44. The third-order valence-electron chi connectivity index (χ3n) is 4.70. The van der Waals surface area contributed by atoms with Crippen LogP contribution >= 0.6 is 0 Å². The Morgan fingerprint density at radius 1 is 1.07 bits per heavy atom. The lowest BCUT2D eigenvalue weighted by molar-refractivity contribution is 0.102. The molecule has 0 atom stereocenters. The SMILES string of the molecule is COc1ccc2c(C(=O)Nc3ccc(N4CCOCC4)cc3)cc(=O)oc2c1. The Bertz CT molecular complexity index is 1050. The maximum atomic E-state index is 12.8. The van der Waals surface area contributed by atoms with Crippen molar-refractivity contribution in [2.75, 3.05) is 43.6 Å². The van der Waals surface area contributed by atoms with Crippen LogP contribution in [0, 0.1) is 0 Å². The molecule has 1 N–H and O–H groups in total. The van der Waals surface area contributed by atoms with E-state index in [1.54, 1.807) is 18.2 Å². The highest BCUT2D eigenvalue weighted by Crippen LogP contribution is 2.24. The molecule has 1 aliphatic rings. The van der Waals surface area contributed by atoms with Crippen LogP contribution in [0.4, 0.5) is 11.4 Å². The summed E-state index contributed by atoms with van der Waals surface area (Å²) >= 11 is 0. The largest absolute Gasteiger partial charge is 0.497 e. The molecular weight excluding hydrogens is 360 g/mol. The first-order chi connectivity index (χ1) is 13.6. The maximum absolute atomic E-state index is 12.8. The topological polar surface area (TPSA) is 81.0 Å². The Labute approximate surface area is 161 Å². The fourth-order valence-electron chi connectivity index (χ4n) is 3.23. The van der Waals surface area contributed by atoms with Crippen molar-refractivity contribution in [1.82, 2.24) is 0 Å². The molecule has 28 heavy (non-hydrogen) atoms. The van der Waals surface area contributed by atoms with E-state index in [9.17, 15) is 9.59 Å². The molecule has 1 saturated heterocycles. The van der Waals surface area contributed by atoms with E-state index < -0.39 is 5.63 Å². The Morgan fingerprint density at radius 2 is 1.82 bits per heavy atom. The lowest BCUT2D eigenvalue weighted by Crippen LogP contribution is -2.36. The number of morpholine rings is 1. The van der Waals surface area contributed by atoms with E-state index in [-0.39, 0.29) is 11.5 Å². The van der Waals surface area contributed by atoms with Gasteiger partial charge in [0.25, 0.3) is 5.91 Å². The van der Waals surface area contributed by atoms with E-state index in [1.807, 2.05) is 24.3 Å². The number of nitrogens with one attached hydrogen (secondary N) is 1. The van der Waals surface area contributed by atoms with Crippen molar-refractivity contribution in [2.24, 2.45) is 0 Å². The zero-order valence-electron chi connectivity index (χ0n) is 15.4. The number of hydrogen-bond donors (Lipinski definition) is 1. The van der Waals surface area contributed by atoms with Crippen molar-refractivity contribution in [3.63, 3.8) is 0 Å².